The molecule has 2 amide bonds. The normalized spacial score (nSPS) is 11.9. The number of anilines is 1. The van der Waals surface area contributed by atoms with Gasteiger partial charge in [-0.25, -0.2) is 4.39 Å². The molecule has 0 heterocycles. The van der Waals surface area contributed by atoms with Crippen LogP contribution in [0.2, 0.25) is 0 Å². The van der Waals surface area contributed by atoms with Gasteiger partial charge >= 0.3 is 0 Å². The van der Waals surface area contributed by atoms with Crippen LogP contribution in [0.1, 0.15) is 24.2 Å². The van der Waals surface area contributed by atoms with Crippen LogP contribution in [0.3, 0.4) is 0 Å². The molecule has 1 atom stereocenters. The van der Waals surface area contributed by atoms with Gasteiger partial charge < -0.3 is 16.4 Å². The third kappa shape index (κ3) is 4.33. The Labute approximate surface area is 111 Å². The summed E-state index contributed by atoms with van der Waals surface area (Å²) in [5, 5.41) is 5.68. The first-order valence-electron chi connectivity index (χ1n) is 6.06. The number of carbonyl (C=O) groups excluding carboxylic acids is 2. The molecule has 5 nitrogen and oxygen atoms in total. The lowest BCUT2D eigenvalue weighted by Crippen LogP contribution is -2.30. The minimum absolute atomic E-state index is 0.206. The molecule has 0 aliphatic rings. The van der Waals surface area contributed by atoms with Crippen molar-refractivity contribution in [2.24, 2.45) is 11.7 Å². The van der Waals surface area contributed by atoms with E-state index in [1.807, 2.05) is 6.92 Å². The van der Waals surface area contributed by atoms with E-state index in [1.165, 1.54) is 12.1 Å². The lowest BCUT2D eigenvalue weighted by Gasteiger charge is -2.13. The van der Waals surface area contributed by atoms with E-state index in [2.05, 4.69) is 10.6 Å². The van der Waals surface area contributed by atoms with Gasteiger partial charge in [0.25, 0.3) is 5.91 Å². The van der Waals surface area contributed by atoms with Gasteiger partial charge in [0.2, 0.25) is 5.91 Å². The zero-order valence-electron chi connectivity index (χ0n) is 11.0. The molecule has 6 heteroatoms. The van der Waals surface area contributed by atoms with Crippen molar-refractivity contribution >= 4 is 17.5 Å². The second-order valence-electron chi connectivity index (χ2n) is 4.26. The molecule has 1 aromatic carbocycles. The smallest absolute Gasteiger partial charge is 0.251 e. The summed E-state index contributed by atoms with van der Waals surface area (Å²) in [7, 11) is 0. The molecule has 0 spiro atoms. The van der Waals surface area contributed by atoms with Crippen LogP contribution in [-0.4, -0.2) is 24.9 Å². The maximum atomic E-state index is 13.3. The molecule has 19 heavy (non-hydrogen) atoms. The molecule has 0 aromatic heterocycles. The van der Waals surface area contributed by atoms with Gasteiger partial charge in [0.15, 0.2) is 0 Å². The molecule has 0 aliphatic carbocycles. The van der Waals surface area contributed by atoms with Crippen molar-refractivity contribution in [3.63, 3.8) is 0 Å². The maximum Gasteiger partial charge on any atom is 0.251 e. The summed E-state index contributed by atoms with van der Waals surface area (Å²) in [6, 6.07) is 3.72. The lowest BCUT2D eigenvalue weighted by atomic mass is 10.1. The summed E-state index contributed by atoms with van der Waals surface area (Å²) >= 11 is 0. The van der Waals surface area contributed by atoms with Gasteiger partial charge in [-0.15, -0.1) is 0 Å². The van der Waals surface area contributed by atoms with Gasteiger partial charge in [-0.3, -0.25) is 9.59 Å². The largest absolute Gasteiger partial charge is 0.366 e. The van der Waals surface area contributed by atoms with Gasteiger partial charge in [0.05, 0.1) is 5.56 Å². The Hall–Kier alpha value is -1.95. The second kappa shape index (κ2) is 6.84. The van der Waals surface area contributed by atoms with E-state index in [1.54, 1.807) is 6.92 Å². The molecular formula is C13H18FN3O2. The zero-order valence-corrected chi connectivity index (χ0v) is 11.0. The molecule has 0 saturated carbocycles. The molecule has 1 aromatic rings. The number of rotatable bonds is 6. The predicted octanol–water partition coefficient (Wildman–Crippen LogP) is 1.11. The van der Waals surface area contributed by atoms with Crippen molar-refractivity contribution in [1.29, 1.82) is 0 Å². The van der Waals surface area contributed by atoms with E-state index in [0.717, 1.165) is 12.6 Å². The Bertz CT molecular complexity index is 477. The Kier molecular flexibility index (Phi) is 5.44. The average molecular weight is 267 g/mol. The maximum absolute atomic E-state index is 13.3. The highest BCUT2D eigenvalue weighted by atomic mass is 19.1. The van der Waals surface area contributed by atoms with E-state index < -0.39 is 11.7 Å². The molecule has 1 rings (SSSR count). The van der Waals surface area contributed by atoms with Crippen molar-refractivity contribution in [2.75, 3.05) is 18.4 Å². The van der Waals surface area contributed by atoms with Crippen LogP contribution in [0.15, 0.2) is 18.2 Å². The fourth-order valence-electron chi connectivity index (χ4n) is 1.51. The number of hydrogen-bond acceptors (Lipinski definition) is 3. The van der Waals surface area contributed by atoms with Crippen molar-refractivity contribution in [2.45, 2.75) is 13.8 Å². The highest BCUT2D eigenvalue weighted by molar-refractivity contribution is 5.97. The fraction of sp³-hybridized carbons (Fsp3) is 0.385. The van der Waals surface area contributed by atoms with E-state index in [-0.39, 0.29) is 17.4 Å². The topological polar surface area (TPSA) is 84.2 Å². The Morgan fingerprint density at radius 1 is 1.42 bits per heavy atom. The lowest BCUT2D eigenvalue weighted by molar-refractivity contribution is -0.119. The minimum Gasteiger partial charge on any atom is -0.366 e. The van der Waals surface area contributed by atoms with E-state index in [0.29, 0.717) is 12.2 Å². The Morgan fingerprint density at radius 2 is 2.11 bits per heavy atom. The number of benzene rings is 1. The van der Waals surface area contributed by atoms with E-state index in [4.69, 9.17) is 5.73 Å². The molecule has 0 saturated heterocycles. The Morgan fingerprint density at radius 3 is 2.68 bits per heavy atom. The summed E-state index contributed by atoms with van der Waals surface area (Å²) in [4.78, 5) is 22.8. The van der Waals surface area contributed by atoms with Crippen molar-refractivity contribution in [1.82, 2.24) is 5.32 Å². The Balaban J connectivity index is 2.74. The van der Waals surface area contributed by atoms with Crippen molar-refractivity contribution in [3.05, 3.63) is 29.6 Å². The predicted molar refractivity (Wildman–Crippen MR) is 71.3 cm³/mol. The van der Waals surface area contributed by atoms with Gasteiger partial charge in [0.1, 0.15) is 5.82 Å². The first kappa shape index (κ1) is 15.1. The summed E-state index contributed by atoms with van der Waals surface area (Å²) in [6.45, 7) is 5.05. The number of amides is 2. The van der Waals surface area contributed by atoms with Crippen LogP contribution >= 0.6 is 0 Å². The fourth-order valence-corrected chi connectivity index (χ4v) is 1.51. The highest BCUT2D eigenvalue weighted by Gasteiger charge is 2.14. The molecule has 1 unspecified atom stereocenters. The molecule has 0 aliphatic heterocycles. The molecule has 0 fully saturated rings. The van der Waals surface area contributed by atoms with E-state index in [9.17, 15) is 14.0 Å². The van der Waals surface area contributed by atoms with Gasteiger partial charge in [-0.1, -0.05) is 13.8 Å². The number of nitrogens with one attached hydrogen (secondary N) is 2. The zero-order chi connectivity index (χ0) is 14.4. The monoisotopic (exact) mass is 267 g/mol. The number of hydrogen-bond donors (Lipinski definition) is 3. The third-order valence-corrected chi connectivity index (χ3v) is 2.65. The molecule has 0 radical (unpaired) electrons. The minimum atomic E-state index is -0.866. The van der Waals surface area contributed by atoms with Gasteiger partial charge in [0, 0.05) is 18.2 Å². The molecule has 0 bridgehead atoms. The summed E-state index contributed by atoms with van der Waals surface area (Å²) < 4.78 is 13.3. The van der Waals surface area contributed by atoms with Gasteiger partial charge in [-0.05, 0) is 24.7 Å². The first-order chi connectivity index (χ1) is 8.95. The van der Waals surface area contributed by atoms with Crippen LogP contribution in [0.25, 0.3) is 0 Å². The number of halogens is 1. The second-order valence-corrected chi connectivity index (χ2v) is 4.26. The summed E-state index contributed by atoms with van der Waals surface area (Å²) in [6.07, 6.45) is 0. The van der Waals surface area contributed by atoms with Gasteiger partial charge in [-0.2, -0.15) is 0 Å². The van der Waals surface area contributed by atoms with Crippen molar-refractivity contribution < 1.29 is 14.0 Å². The quantitative estimate of drug-likeness (QED) is 0.722. The number of carbonyl (C=O) groups is 2. The SMILES string of the molecule is CCNCC(C)C(=O)Nc1ccc(F)c(C(N)=O)c1. The summed E-state index contributed by atoms with van der Waals surface area (Å²) in [5.74, 6) is -2.01. The standard InChI is InChI=1S/C13H18FN3O2/c1-3-16-7-8(2)13(19)17-9-4-5-11(14)10(6-9)12(15)18/h4-6,8,16H,3,7H2,1-2H3,(H2,15,18)(H,17,19). The third-order valence-electron chi connectivity index (χ3n) is 2.65. The molecule has 4 N–H and O–H groups in total. The molecule has 104 valence electrons. The van der Waals surface area contributed by atoms with E-state index >= 15 is 0 Å². The molecular weight excluding hydrogens is 249 g/mol. The average Bonchev–Trinajstić information content (AvgIpc) is 2.37. The van der Waals surface area contributed by atoms with Crippen LogP contribution < -0.4 is 16.4 Å². The van der Waals surface area contributed by atoms with Crippen LogP contribution in [-0.2, 0) is 4.79 Å². The number of nitrogens with two attached hydrogens (primary N) is 1. The van der Waals surface area contributed by atoms with Crippen LogP contribution in [0.5, 0.6) is 0 Å². The number of primary amides is 1. The highest BCUT2D eigenvalue weighted by Crippen LogP contribution is 2.15. The van der Waals surface area contributed by atoms with Crippen LogP contribution in [0.4, 0.5) is 10.1 Å². The first-order valence-corrected chi connectivity index (χ1v) is 6.06. The summed E-state index contributed by atoms with van der Waals surface area (Å²) in [5.41, 5.74) is 5.15. The van der Waals surface area contributed by atoms with Crippen LogP contribution in [0, 0.1) is 11.7 Å². The van der Waals surface area contributed by atoms with Crippen molar-refractivity contribution in [3.8, 4) is 0 Å².